The summed E-state index contributed by atoms with van der Waals surface area (Å²) in [4.78, 5) is 24.0. The average Bonchev–Trinajstić information content (AvgIpc) is 3.43. The predicted octanol–water partition coefficient (Wildman–Crippen LogP) is 7.39. The molecule has 0 amide bonds. The lowest BCUT2D eigenvalue weighted by atomic mass is 9.84. The molecule has 8 N–H and O–H groups in total. The van der Waals surface area contributed by atoms with E-state index in [-0.39, 0.29) is 34.1 Å². The van der Waals surface area contributed by atoms with Crippen LogP contribution in [0.15, 0.2) is 64.5 Å². The number of nitrogens with one attached hydrogen (secondary N) is 2. The van der Waals surface area contributed by atoms with Gasteiger partial charge in [0.25, 0.3) is 0 Å². The molecular weight excluding hydrogens is 653 g/mol. The van der Waals surface area contributed by atoms with Gasteiger partial charge in [0.2, 0.25) is 0 Å². The molecule has 51 heavy (non-hydrogen) atoms. The highest BCUT2D eigenvalue weighted by Gasteiger charge is 2.32. The zero-order chi connectivity index (χ0) is 38.4. The third kappa shape index (κ3) is 12.8. The summed E-state index contributed by atoms with van der Waals surface area (Å²) in [5.74, 6) is 0.121. The number of nitrogens with zero attached hydrogens (tertiary/aromatic N) is 3. The maximum Gasteiger partial charge on any atom is 0.416 e. The van der Waals surface area contributed by atoms with Gasteiger partial charge in [0.15, 0.2) is 5.96 Å². The van der Waals surface area contributed by atoms with Gasteiger partial charge in [-0.1, -0.05) is 59.7 Å². The van der Waals surface area contributed by atoms with Crippen LogP contribution in [0.5, 0.6) is 0 Å². The summed E-state index contributed by atoms with van der Waals surface area (Å²) >= 11 is 0. The SMILES string of the molecule is CC(C)(N)CCCc1cc(C(C)(C)C)cc(C(F)(F)F)c1.C[C@H](NCCCN=C(N)N)c1ccc(-n2cc3cc(C(C)(C)C)[nH]c3nc2=O)cc1. The number of aliphatic imine (C=N–C) groups is 1. The average molecular weight is 711 g/mol. The highest BCUT2D eigenvalue weighted by Crippen LogP contribution is 2.34. The molecular formula is C39H57F3N8O. The number of aromatic nitrogens is 3. The van der Waals surface area contributed by atoms with Crippen LogP contribution in [0.2, 0.25) is 0 Å². The Morgan fingerprint density at radius 2 is 1.55 bits per heavy atom. The van der Waals surface area contributed by atoms with Crippen LogP contribution in [-0.2, 0) is 23.4 Å². The van der Waals surface area contributed by atoms with Gasteiger partial charge in [-0.2, -0.15) is 18.2 Å². The van der Waals surface area contributed by atoms with Gasteiger partial charge >= 0.3 is 11.9 Å². The van der Waals surface area contributed by atoms with Crippen molar-refractivity contribution in [2.75, 3.05) is 13.1 Å². The third-order valence-corrected chi connectivity index (χ3v) is 8.54. The lowest BCUT2D eigenvalue weighted by Gasteiger charge is -2.23. The second kappa shape index (κ2) is 16.5. The van der Waals surface area contributed by atoms with Gasteiger partial charge in [-0.15, -0.1) is 0 Å². The summed E-state index contributed by atoms with van der Waals surface area (Å²) in [7, 11) is 0. The largest absolute Gasteiger partial charge is 0.416 e. The second-order valence-electron chi connectivity index (χ2n) is 16.1. The molecule has 2 aromatic heterocycles. The fourth-order valence-electron chi connectivity index (χ4n) is 5.41. The lowest BCUT2D eigenvalue weighted by Crippen LogP contribution is -2.31. The normalized spacial score (nSPS) is 13.1. The minimum absolute atomic E-state index is 0.0390. The number of aryl methyl sites for hydroxylation is 1. The van der Waals surface area contributed by atoms with Crippen LogP contribution >= 0.6 is 0 Å². The van der Waals surface area contributed by atoms with Gasteiger partial charge in [0, 0.05) is 40.8 Å². The zero-order valence-electron chi connectivity index (χ0n) is 31.6. The molecule has 4 aromatic rings. The first-order valence-electron chi connectivity index (χ1n) is 17.5. The van der Waals surface area contributed by atoms with E-state index >= 15 is 0 Å². The van der Waals surface area contributed by atoms with Crippen LogP contribution in [0, 0.1) is 0 Å². The first-order chi connectivity index (χ1) is 23.4. The molecule has 2 heterocycles. The number of benzene rings is 2. The summed E-state index contributed by atoms with van der Waals surface area (Å²) < 4.78 is 40.7. The van der Waals surface area contributed by atoms with Crippen molar-refractivity contribution in [2.24, 2.45) is 22.2 Å². The molecule has 0 fully saturated rings. The van der Waals surface area contributed by atoms with E-state index in [4.69, 9.17) is 17.2 Å². The van der Waals surface area contributed by atoms with Crippen molar-refractivity contribution in [3.63, 3.8) is 0 Å². The van der Waals surface area contributed by atoms with Gasteiger partial charge in [0.1, 0.15) is 5.65 Å². The molecule has 9 nitrogen and oxygen atoms in total. The first kappa shape index (κ1) is 41.3. The van der Waals surface area contributed by atoms with Crippen molar-refractivity contribution in [3.05, 3.63) is 93.2 Å². The van der Waals surface area contributed by atoms with E-state index < -0.39 is 11.7 Å². The molecule has 0 spiro atoms. The van der Waals surface area contributed by atoms with E-state index in [2.05, 4.69) is 54.0 Å². The number of H-pyrrole nitrogens is 1. The topological polar surface area (TPSA) is 153 Å². The van der Waals surface area contributed by atoms with E-state index in [0.717, 1.165) is 59.3 Å². The maximum absolute atomic E-state index is 13.0. The molecule has 0 saturated carbocycles. The van der Waals surface area contributed by atoms with Crippen LogP contribution in [0.25, 0.3) is 16.7 Å². The standard InChI is InChI=1S/C22H31N7O.C17H26F3N/c1-14(25-10-5-11-26-20(23)24)15-6-8-17(9-7-15)29-13-16-12-18(22(2,3)4)27-19(16)28-21(29)30;1-15(2,3)13-9-12(7-6-8-16(4,5)21)10-14(11-13)17(18,19)20/h6-9,12-14,25H,5,10-11H2,1-4H3,(H4,23,24,26)(H,27,28,30);9-11H,6-8,21H2,1-5H3/t14-;/m0./s1. The van der Waals surface area contributed by atoms with E-state index in [0.29, 0.717) is 18.6 Å². The molecule has 0 radical (unpaired) electrons. The number of aromatic amines is 1. The van der Waals surface area contributed by atoms with Crippen LogP contribution in [0.1, 0.15) is 116 Å². The number of hydrogen-bond acceptors (Lipinski definition) is 5. The molecule has 1 atom stereocenters. The number of alkyl halides is 3. The third-order valence-electron chi connectivity index (χ3n) is 8.54. The Kier molecular flexibility index (Phi) is 13.3. The number of fused-ring (bicyclic) bond motifs is 1. The number of hydrogen-bond donors (Lipinski definition) is 5. The highest BCUT2D eigenvalue weighted by atomic mass is 19.4. The summed E-state index contributed by atoms with van der Waals surface area (Å²) in [5.41, 5.74) is 20.1. The van der Waals surface area contributed by atoms with Crippen molar-refractivity contribution in [3.8, 4) is 5.69 Å². The zero-order valence-corrected chi connectivity index (χ0v) is 31.6. The van der Waals surface area contributed by atoms with E-state index in [1.807, 2.05) is 71.1 Å². The fraction of sp³-hybridized carbons (Fsp3) is 0.513. The van der Waals surface area contributed by atoms with E-state index in [1.54, 1.807) is 4.57 Å². The first-order valence-corrected chi connectivity index (χ1v) is 17.5. The van der Waals surface area contributed by atoms with Crippen LogP contribution in [-0.4, -0.2) is 39.1 Å². The maximum atomic E-state index is 13.0. The van der Waals surface area contributed by atoms with E-state index in [1.165, 1.54) is 12.1 Å². The van der Waals surface area contributed by atoms with Crippen molar-refractivity contribution in [2.45, 2.75) is 117 Å². The van der Waals surface area contributed by atoms with Crippen molar-refractivity contribution in [1.29, 1.82) is 0 Å². The quantitative estimate of drug-likeness (QED) is 0.0622. The van der Waals surface area contributed by atoms with Crippen molar-refractivity contribution < 1.29 is 13.2 Å². The lowest BCUT2D eigenvalue weighted by molar-refractivity contribution is -0.137. The van der Waals surface area contributed by atoms with Crippen LogP contribution in [0.4, 0.5) is 13.2 Å². The number of rotatable bonds is 11. The van der Waals surface area contributed by atoms with Crippen LogP contribution in [0.3, 0.4) is 0 Å². The molecule has 280 valence electrons. The molecule has 0 aliphatic rings. The van der Waals surface area contributed by atoms with Gasteiger partial charge in [0.05, 0.1) is 11.3 Å². The Bertz CT molecular complexity index is 1780. The predicted molar refractivity (Wildman–Crippen MR) is 203 cm³/mol. The summed E-state index contributed by atoms with van der Waals surface area (Å²) in [5, 5.41) is 4.36. The molecule has 4 rings (SSSR count). The Balaban J connectivity index is 0.000000295. The molecule has 12 heteroatoms. The Hall–Kier alpha value is -4.16. The number of guanidine groups is 1. The van der Waals surface area contributed by atoms with Gasteiger partial charge in [-0.3, -0.25) is 9.56 Å². The Labute approximate surface area is 300 Å². The number of halogens is 3. The highest BCUT2D eigenvalue weighted by molar-refractivity contribution is 5.76. The van der Waals surface area contributed by atoms with Gasteiger partial charge in [-0.05, 0) is 105 Å². The number of nitrogens with two attached hydrogens (primary N) is 3. The molecule has 0 unspecified atom stereocenters. The Morgan fingerprint density at radius 1 is 0.922 bits per heavy atom. The summed E-state index contributed by atoms with van der Waals surface area (Å²) in [6.07, 6.45) is 0.588. The van der Waals surface area contributed by atoms with Crippen molar-refractivity contribution >= 4 is 17.0 Å². The molecule has 0 aliphatic carbocycles. The van der Waals surface area contributed by atoms with Gasteiger partial charge < -0.3 is 27.5 Å². The Morgan fingerprint density at radius 3 is 2.10 bits per heavy atom. The minimum atomic E-state index is -4.30. The molecule has 2 aromatic carbocycles. The smallest absolute Gasteiger partial charge is 0.370 e. The summed E-state index contributed by atoms with van der Waals surface area (Å²) in [6.45, 7) is 19.5. The van der Waals surface area contributed by atoms with Crippen molar-refractivity contribution in [1.82, 2.24) is 19.9 Å². The fourth-order valence-corrected chi connectivity index (χ4v) is 5.41. The molecule has 0 saturated heterocycles. The minimum Gasteiger partial charge on any atom is -0.370 e. The molecule has 0 bridgehead atoms. The summed E-state index contributed by atoms with van der Waals surface area (Å²) in [6, 6.07) is 14.6. The second-order valence-corrected chi connectivity index (χ2v) is 16.1. The van der Waals surface area contributed by atoms with Gasteiger partial charge in [-0.25, -0.2) is 4.79 Å². The monoisotopic (exact) mass is 710 g/mol. The van der Waals surface area contributed by atoms with E-state index in [9.17, 15) is 18.0 Å². The molecule has 0 aliphatic heterocycles. The van der Waals surface area contributed by atoms with Crippen LogP contribution < -0.4 is 28.2 Å².